The number of rotatable bonds is 3. The first-order valence-electron chi connectivity index (χ1n) is 6.85. The first kappa shape index (κ1) is 13.5. The Kier molecular flexibility index (Phi) is 3.09. The van der Waals surface area contributed by atoms with Crippen LogP contribution in [0.15, 0.2) is 48.5 Å². The maximum atomic E-state index is 10.9. The summed E-state index contributed by atoms with van der Waals surface area (Å²) in [5, 5.41) is 12.4. The molecule has 0 aromatic heterocycles. The average molecular weight is 283 g/mol. The van der Waals surface area contributed by atoms with Crippen molar-refractivity contribution in [3.8, 4) is 5.75 Å². The first-order valence-corrected chi connectivity index (χ1v) is 6.85. The van der Waals surface area contributed by atoms with Gasteiger partial charge in [-0.1, -0.05) is 18.2 Å². The van der Waals surface area contributed by atoms with Gasteiger partial charge >= 0.3 is 5.97 Å². The van der Waals surface area contributed by atoms with Crippen LogP contribution in [-0.4, -0.2) is 16.7 Å². The zero-order valence-corrected chi connectivity index (χ0v) is 12.0. The Morgan fingerprint density at radius 3 is 2.48 bits per heavy atom. The second kappa shape index (κ2) is 4.81. The van der Waals surface area contributed by atoms with Crippen molar-refractivity contribution in [2.75, 3.05) is 5.32 Å². The number of hydrogen-bond donors (Lipinski definition) is 2. The molecule has 0 spiro atoms. The van der Waals surface area contributed by atoms with Crippen molar-refractivity contribution in [1.82, 2.24) is 0 Å². The van der Waals surface area contributed by atoms with E-state index in [0.29, 0.717) is 0 Å². The number of ether oxygens (including phenoxy) is 1. The van der Waals surface area contributed by atoms with Crippen molar-refractivity contribution >= 4 is 11.7 Å². The highest BCUT2D eigenvalue weighted by atomic mass is 16.5. The van der Waals surface area contributed by atoms with Crippen LogP contribution in [0.4, 0.5) is 5.69 Å². The van der Waals surface area contributed by atoms with Crippen LogP contribution in [0.5, 0.6) is 5.75 Å². The van der Waals surface area contributed by atoms with Crippen molar-refractivity contribution < 1.29 is 14.6 Å². The van der Waals surface area contributed by atoms with Crippen molar-refractivity contribution in [2.24, 2.45) is 0 Å². The van der Waals surface area contributed by atoms with Crippen molar-refractivity contribution in [3.05, 3.63) is 59.7 Å². The van der Waals surface area contributed by atoms with Crippen LogP contribution < -0.4 is 10.1 Å². The number of benzene rings is 2. The van der Waals surface area contributed by atoms with E-state index < -0.39 is 5.97 Å². The third-order valence-electron chi connectivity index (χ3n) is 3.74. The number of hydrogen-bond acceptors (Lipinski definition) is 3. The summed E-state index contributed by atoms with van der Waals surface area (Å²) in [6.45, 7) is 4.08. The van der Waals surface area contributed by atoms with E-state index in [0.717, 1.165) is 17.0 Å². The van der Waals surface area contributed by atoms with E-state index in [4.69, 9.17) is 9.84 Å². The molecule has 2 N–H and O–H groups in total. The van der Waals surface area contributed by atoms with E-state index >= 15 is 0 Å². The second-order valence-corrected chi connectivity index (χ2v) is 5.70. The molecule has 1 aliphatic heterocycles. The SMILES string of the molecule is CC1(C)Oc2ccccc2C1Nc1ccc(C(=O)O)cc1. The number of anilines is 1. The fourth-order valence-corrected chi connectivity index (χ4v) is 2.66. The number of carboxylic acids is 1. The van der Waals surface area contributed by atoms with Crippen LogP contribution in [-0.2, 0) is 0 Å². The highest BCUT2D eigenvalue weighted by Crippen LogP contribution is 2.44. The van der Waals surface area contributed by atoms with Gasteiger partial charge in [-0.25, -0.2) is 4.79 Å². The van der Waals surface area contributed by atoms with E-state index in [1.807, 2.05) is 38.1 Å². The second-order valence-electron chi connectivity index (χ2n) is 5.70. The Labute approximate surface area is 123 Å². The summed E-state index contributed by atoms with van der Waals surface area (Å²) in [5.41, 5.74) is 1.90. The normalized spacial score (nSPS) is 18.7. The highest BCUT2D eigenvalue weighted by Gasteiger charge is 2.40. The molecule has 0 saturated heterocycles. The Bertz CT molecular complexity index is 677. The van der Waals surface area contributed by atoms with Gasteiger partial charge in [0.2, 0.25) is 0 Å². The Balaban J connectivity index is 1.88. The molecule has 1 aliphatic rings. The smallest absolute Gasteiger partial charge is 0.335 e. The first-order chi connectivity index (χ1) is 9.97. The van der Waals surface area contributed by atoms with Gasteiger partial charge in [0.05, 0.1) is 11.6 Å². The molecule has 0 saturated carbocycles. The Morgan fingerprint density at radius 2 is 1.81 bits per heavy atom. The summed E-state index contributed by atoms with van der Waals surface area (Å²) in [6.07, 6.45) is 0. The summed E-state index contributed by atoms with van der Waals surface area (Å²) in [6, 6.07) is 14.7. The molecular formula is C17H17NO3. The molecule has 0 aliphatic carbocycles. The molecular weight excluding hydrogens is 266 g/mol. The van der Waals surface area contributed by atoms with Gasteiger partial charge in [-0.3, -0.25) is 0 Å². The Hall–Kier alpha value is -2.49. The van der Waals surface area contributed by atoms with Crippen molar-refractivity contribution in [2.45, 2.75) is 25.5 Å². The number of aromatic carboxylic acids is 1. The van der Waals surface area contributed by atoms with Gasteiger partial charge in [-0.05, 0) is 44.2 Å². The average Bonchev–Trinajstić information content (AvgIpc) is 2.70. The molecule has 21 heavy (non-hydrogen) atoms. The van der Waals surface area contributed by atoms with E-state index in [1.165, 1.54) is 0 Å². The number of carbonyl (C=O) groups is 1. The van der Waals surface area contributed by atoms with Crippen LogP contribution >= 0.6 is 0 Å². The van der Waals surface area contributed by atoms with E-state index in [9.17, 15) is 4.79 Å². The molecule has 1 heterocycles. The van der Waals surface area contributed by atoms with Gasteiger partial charge in [0.1, 0.15) is 11.4 Å². The molecule has 108 valence electrons. The van der Waals surface area contributed by atoms with Crippen molar-refractivity contribution in [3.63, 3.8) is 0 Å². The molecule has 0 radical (unpaired) electrons. The van der Waals surface area contributed by atoms with Crippen LogP contribution in [0.1, 0.15) is 35.8 Å². The summed E-state index contributed by atoms with van der Waals surface area (Å²) >= 11 is 0. The molecule has 2 aromatic carbocycles. The fourth-order valence-electron chi connectivity index (χ4n) is 2.66. The summed E-state index contributed by atoms with van der Waals surface area (Å²) in [4.78, 5) is 10.9. The lowest BCUT2D eigenvalue weighted by Gasteiger charge is -2.28. The minimum absolute atomic E-state index is 0.0179. The van der Waals surface area contributed by atoms with Crippen LogP contribution in [0.3, 0.4) is 0 Å². The van der Waals surface area contributed by atoms with Crippen LogP contribution in [0, 0.1) is 0 Å². The van der Waals surface area contributed by atoms with E-state index in [-0.39, 0.29) is 17.2 Å². The van der Waals surface area contributed by atoms with Gasteiger partial charge in [-0.15, -0.1) is 0 Å². The number of carboxylic acid groups (broad SMARTS) is 1. The molecule has 4 nitrogen and oxygen atoms in total. The fraction of sp³-hybridized carbons (Fsp3) is 0.235. The third kappa shape index (κ3) is 2.44. The predicted molar refractivity (Wildman–Crippen MR) is 80.9 cm³/mol. The van der Waals surface area contributed by atoms with Gasteiger partial charge in [0, 0.05) is 11.3 Å². The monoisotopic (exact) mass is 283 g/mol. The molecule has 4 heteroatoms. The minimum Gasteiger partial charge on any atom is -0.485 e. The summed E-state index contributed by atoms with van der Waals surface area (Å²) in [5.74, 6) is -0.0291. The number of fused-ring (bicyclic) bond motifs is 1. The van der Waals surface area contributed by atoms with Crippen LogP contribution in [0.2, 0.25) is 0 Å². The van der Waals surface area contributed by atoms with E-state index in [1.54, 1.807) is 24.3 Å². The van der Waals surface area contributed by atoms with Gasteiger partial charge in [-0.2, -0.15) is 0 Å². The summed E-state index contributed by atoms with van der Waals surface area (Å²) < 4.78 is 5.98. The molecule has 1 unspecified atom stereocenters. The lowest BCUT2D eigenvalue weighted by atomic mass is 9.94. The zero-order valence-electron chi connectivity index (χ0n) is 12.0. The zero-order chi connectivity index (χ0) is 15.0. The van der Waals surface area contributed by atoms with Gasteiger partial charge < -0.3 is 15.2 Å². The predicted octanol–water partition coefficient (Wildman–Crippen LogP) is 3.71. The minimum atomic E-state index is -0.920. The summed E-state index contributed by atoms with van der Waals surface area (Å²) in [7, 11) is 0. The van der Waals surface area contributed by atoms with Gasteiger partial charge in [0.25, 0.3) is 0 Å². The topological polar surface area (TPSA) is 58.6 Å². The Morgan fingerprint density at radius 1 is 1.14 bits per heavy atom. The van der Waals surface area contributed by atoms with Crippen molar-refractivity contribution in [1.29, 1.82) is 0 Å². The molecule has 1 atom stereocenters. The van der Waals surface area contributed by atoms with Gasteiger partial charge in [0.15, 0.2) is 0 Å². The molecule has 0 amide bonds. The molecule has 2 aromatic rings. The third-order valence-corrected chi connectivity index (χ3v) is 3.74. The molecule has 0 bridgehead atoms. The van der Waals surface area contributed by atoms with E-state index in [2.05, 4.69) is 5.32 Å². The van der Waals surface area contributed by atoms with Crippen LogP contribution in [0.25, 0.3) is 0 Å². The lowest BCUT2D eigenvalue weighted by molar-refractivity contribution is 0.0697. The standard InChI is InChI=1S/C17H17NO3/c1-17(2)15(13-5-3-4-6-14(13)21-17)18-12-9-7-11(8-10-12)16(19)20/h3-10,15,18H,1-2H3,(H,19,20). The molecule has 0 fully saturated rings. The maximum absolute atomic E-state index is 10.9. The quantitative estimate of drug-likeness (QED) is 0.901. The molecule has 3 rings (SSSR count). The lowest BCUT2D eigenvalue weighted by Crippen LogP contribution is -2.34. The highest BCUT2D eigenvalue weighted by molar-refractivity contribution is 5.88. The largest absolute Gasteiger partial charge is 0.485 e. The number of para-hydroxylation sites is 1. The number of nitrogens with one attached hydrogen (secondary N) is 1. The maximum Gasteiger partial charge on any atom is 0.335 e.